The van der Waals surface area contributed by atoms with Crippen LogP contribution < -0.4 is 21.7 Å². The first kappa shape index (κ1) is 26.5. The fraction of sp³-hybridized carbons (Fsp3) is 0.400. The Labute approximate surface area is 200 Å². The molecule has 7 N–H and O–H groups in total. The zero-order valence-corrected chi connectivity index (χ0v) is 19.7. The molecule has 2 unspecified atom stereocenters. The normalized spacial score (nSPS) is 18.2. The maximum absolute atomic E-state index is 13.2. The molecule has 0 spiro atoms. The van der Waals surface area contributed by atoms with E-state index in [1.165, 1.54) is 25.5 Å². The fourth-order valence-electron chi connectivity index (χ4n) is 4.21. The highest BCUT2D eigenvalue weighted by Crippen LogP contribution is 2.35. The Morgan fingerprint density at radius 2 is 1.71 bits per heavy atom. The highest BCUT2D eigenvalue weighted by atomic mass is 16.2. The third-order valence-corrected chi connectivity index (χ3v) is 6.02. The first-order valence-corrected chi connectivity index (χ1v) is 11.4. The van der Waals surface area contributed by atoms with Gasteiger partial charge in [-0.3, -0.25) is 19.8 Å². The summed E-state index contributed by atoms with van der Waals surface area (Å²) in [5.41, 5.74) is 6.67. The fourth-order valence-corrected chi connectivity index (χ4v) is 4.21. The lowest BCUT2D eigenvalue weighted by Gasteiger charge is -2.30. The van der Waals surface area contributed by atoms with Crippen LogP contribution in [0.3, 0.4) is 0 Å². The van der Waals surface area contributed by atoms with Gasteiger partial charge in [0, 0.05) is 38.2 Å². The quantitative estimate of drug-likeness (QED) is 0.217. The molecule has 2 atom stereocenters. The zero-order chi connectivity index (χ0) is 25.1. The molecule has 1 aliphatic carbocycles. The Morgan fingerprint density at radius 3 is 2.32 bits per heavy atom. The van der Waals surface area contributed by atoms with Gasteiger partial charge >= 0.3 is 0 Å². The maximum atomic E-state index is 13.2. The Kier molecular flexibility index (Phi) is 10.2. The summed E-state index contributed by atoms with van der Waals surface area (Å²) in [5.74, 6) is -0.912. The minimum absolute atomic E-state index is 0.0646. The van der Waals surface area contributed by atoms with Gasteiger partial charge in [0.1, 0.15) is 5.71 Å². The summed E-state index contributed by atoms with van der Waals surface area (Å²) in [6.45, 7) is 0. The van der Waals surface area contributed by atoms with E-state index in [-0.39, 0.29) is 47.1 Å². The van der Waals surface area contributed by atoms with Crippen molar-refractivity contribution in [3.63, 3.8) is 0 Å². The van der Waals surface area contributed by atoms with Gasteiger partial charge in [-0.05, 0) is 43.0 Å². The van der Waals surface area contributed by atoms with E-state index in [9.17, 15) is 14.4 Å². The van der Waals surface area contributed by atoms with Gasteiger partial charge in [0.05, 0.1) is 11.4 Å². The van der Waals surface area contributed by atoms with Crippen molar-refractivity contribution in [3.05, 3.63) is 59.6 Å². The molecule has 0 radical (unpaired) electrons. The van der Waals surface area contributed by atoms with Crippen LogP contribution in [0.25, 0.3) is 0 Å². The molecule has 0 bridgehead atoms. The number of ketones is 1. The second-order valence-corrected chi connectivity index (χ2v) is 8.25. The van der Waals surface area contributed by atoms with Crippen LogP contribution in [0.15, 0.2) is 48.4 Å². The highest BCUT2D eigenvalue weighted by Gasteiger charge is 2.31. The molecular formula is C25H34N6O3. The predicted molar refractivity (Wildman–Crippen MR) is 133 cm³/mol. The molecule has 2 rings (SSSR count). The molecule has 0 aromatic heterocycles. The highest BCUT2D eigenvalue weighted by molar-refractivity contribution is 6.44. The number of nitrogens with one attached hydrogen (secondary N) is 5. The van der Waals surface area contributed by atoms with Gasteiger partial charge in [-0.25, -0.2) is 0 Å². The monoisotopic (exact) mass is 466 g/mol. The molecule has 1 aliphatic rings. The minimum atomic E-state index is -0.597. The Balaban J connectivity index is 2.03. The average molecular weight is 467 g/mol. The molecule has 182 valence electrons. The van der Waals surface area contributed by atoms with Gasteiger partial charge < -0.3 is 27.1 Å². The van der Waals surface area contributed by atoms with Gasteiger partial charge in [-0.15, -0.1) is 0 Å². The van der Waals surface area contributed by atoms with Gasteiger partial charge in [-0.1, -0.05) is 37.1 Å². The molecule has 0 heterocycles. The van der Waals surface area contributed by atoms with Crippen LogP contribution in [0.4, 0.5) is 0 Å². The van der Waals surface area contributed by atoms with E-state index >= 15 is 0 Å². The summed E-state index contributed by atoms with van der Waals surface area (Å²) in [4.78, 5) is 37.5. The summed E-state index contributed by atoms with van der Waals surface area (Å²) in [6, 6.07) is 6.98. The summed E-state index contributed by atoms with van der Waals surface area (Å²) >= 11 is 0. The van der Waals surface area contributed by atoms with Crippen molar-refractivity contribution in [2.24, 2.45) is 17.6 Å². The molecular weight excluding hydrogens is 432 g/mol. The molecule has 1 fully saturated rings. The lowest BCUT2D eigenvalue weighted by atomic mass is 9.73. The molecule has 34 heavy (non-hydrogen) atoms. The third kappa shape index (κ3) is 7.13. The van der Waals surface area contributed by atoms with Crippen LogP contribution in [-0.2, 0) is 9.59 Å². The van der Waals surface area contributed by atoms with E-state index < -0.39 is 5.91 Å². The van der Waals surface area contributed by atoms with Crippen molar-refractivity contribution in [1.29, 1.82) is 10.8 Å². The Hall–Kier alpha value is -3.75. The smallest absolute Gasteiger partial charge is 0.271 e. The molecule has 0 aliphatic heterocycles. The van der Waals surface area contributed by atoms with Crippen LogP contribution in [0.2, 0.25) is 0 Å². The number of carbonyl (C=O) groups is 3. The second kappa shape index (κ2) is 13.1. The SMILES string of the molecule is CN/C=C(/NC(=O)CCC1CCCCC1C(=O)c1ccc(C(=N)/C=C\N)cc1)C(=N)C(=O)NC. The molecule has 1 aromatic rings. The van der Waals surface area contributed by atoms with Crippen molar-refractivity contribution in [3.8, 4) is 0 Å². The molecule has 9 nitrogen and oxygen atoms in total. The number of benzene rings is 1. The van der Waals surface area contributed by atoms with Crippen LogP contribution >= 0.6 is 0 Å². The zero-order valence-electron chi connectivity index (χ0n) is 19.7. The first-order valence-electron chi connectivity index (χ1n) is 11.4. The van der Waals surface area contributed by atoms with Crippen LogP contribution in [-0.4, -0.2) is 43.1 Å². The molecule has 9 heteroatoms. The van der Waals surface area contributed by atoms with E-state index in [0.29, 0.717) is 17.5 Å². The van der Waals surface area contributed by atoms with E-state index in [2.05, 4.69) is 16.0 Å². The molecule has 0 saturated heterocycles. The molecule has 2 amide bonds. The number of amides is 2. The minimum Gasteiger partial charge on any atom is -0.405 e. The number of rotatable bonds is 11. The summed E-state index contributed by atoms with van der Waals surface area (Å²) in [7, 11) is 3.04. The van der Waals surface area contributed by atoms with Gasteiger partial charge in [0.25, 0.3) is 5.91 Å². The van der Waals surface area contributed by atoms with Crippen LogP contribution in [0.1, 0.15) is 54.4 Å². The van der Waals surface area contributed by atoms with Crippen LogP contribution in [0.5, 0.6) is 0 Å². The Morgan fingerprint density at radius 1 is 1.06 bits per heavy atom. The summed E-state index contributed by atoms with van der Waals surface area (Å²) < 4.78 is 0. The number of carbonyl (C=O) groups excluding carboxylic acids is 3. The maximum Gasteiger partial charge on any atom is 0.271 e. The van der Waals surface area contributed by atoms with Crippen molar-refractivity contribution >= 4 is 29.0 Å². The van der Waals surface area contributed by atoms with Crippen molar-refractivity contribution in [2.75, 3.05) is 14.1 Å². The number of allylic oxidation sites excluding steroid dienone is 1. The number of hydrogen-bond acceptors (Lipinski definition) is 7. The van der Waals surface area contributed by atoms with Crippen molar-refractivity contribution in [1.82, 2.24) is 16.0 Å². The molecule has 1 aromatic carbocycles. The van der Waals surface area contributed by atoms with Gasteiger partial charge in [-0.2, -0.15) is 0 Å². The summed E-state index contributed by atoms with van der Waals surface area (Å²) in [5, 5.41) is 23.6. The van der Waals surface area contributed by atoms with Crippen LogP contribution in [0, 0.1) is 22.7 Å². The summed E-state index contributed by atoms with van der Waals surface area (Å²) in [6.07, 6.45) is 8.59. The Bertz CT molecular complexity index is 981. The largest absolute Gasteiger partial charge is 0.405 e. The third-order valence-electron chi connectivity index (χ3n) is 6.02. The topological polar surface area (TPSA) is 161 Å². The van der Waals surface area contributed by atoms with E-state index in [1.54, 1.807) is 31.3 Å². The number of hydrogen-bond donors (Lipinski definition) is 6. The number of Topliss-reactive ketones (excluding diaryl/α,β-unsaturated/α-hetero) is 1. The van der Waals surface area contributed by atoms with Crippen molar-refractivity contribution < 1.29 is 14.4 Å². The lowest BCUT2D eigenvalue weighted by molar-refractivity contribution is -0.120. The predicted octanol–water partition coefficient (Wildman–Crippen LogP) is 2.24. The number of nitrogens with two attached hydrogens (primary N) is 1. The van der Waals surface area contributed by atoms with Gasteiger partial charge in [0.15, 0.2) is 5.78 Å². The molecule has 1 saturated carbocycles. The average Bonchev–Trinajstić information content (AvgIpc) is 2.86. The van der Waals surface area contributed by atoms with Crippen molar-refractivity contribution in [2.45, 2.75) is 38.5 Å². The van der Waals surface area contributed by atoms with E-state index in [4.69, 9.17) is 16.6 Å². The second-order valence-electron chi connectivity index (χ2n) is 8.25. The lowest BCUT2D eigenvalue weighted by Crippen LogP contribution is -2.36. The van der Waals surface area contributed by atoms with E-state index in [1.807, 2.05) is 0 Å². The standard InChI is InChI=1S/C25H34N6O3/c1-29-15-21(23(28)25(34)30-2)31-22(32)12-11-16-5-3-4-6-19(16)24(33)18-9-7-17(8-10-18)20(27)13-14-26/h7-10,13-16,19,27-29H,3-6,11-12,26H2,1-2H3,(H,30,34)(H,31,32)/b14-13-,21-15+,27-20?,28-23?. The van der Waals surface area contributed by atoms with Gasteiger partial charge in [0.2, 0.25) is 5.91 Å². The van der Waals surface area contributed by atoms with E-state index in [0.717, 1.165) is 25.7 Å². The first-order chi connectivity index (χ1) is 16.3.